The third-order valence-electron chi connectivity index (χ3n) is 3.80. The summed E-state index contributed by atoms with van der Waals surface area (Å²) >= 11 is 0. The van der Waals surface area contributed by atoms with Crippen LogP contribution < -0.4 is 20.5 Å². The molecule has 0 fully saturated rings. The van der Waals surface area contributed by atoms with Crippen LogP contribution in [0.4, 0.5) is 13.2 Å². The molecule has 0 heterocycles. The first-order valence-corrected chi connectivity index (χ1v) is 10.5. The lowest BCUT2D eigenvalue weighted by atomic mass is 10.2. The van der Waals surface area contributed by atoms with Crippen LogP contribution in [0.15, 0.2) is 58.4 Å². The molecule has 0 aliphatic heterocycles. The predicted octanol–water partition coefficient (Wildman–Crippen LogP) is 3.15. The number of sulfonamides is 1. The number of alkyl halides is 3. The van der Waals surface area contributed by atoms with E-state index in [0.29, 0.717) is 25.6 Å². The van der Waals surface area contributed by atoms with Crippen molar-refractivity contribution in [3.8, 4) is 5.75 Å². The summed E-state index contributed by atoms with van der Waals surface area (Å²) in [5.74, 6) is 0.665. The molecule has 0 saturated heterocycles. The minimum Gasteiger partial charge on any atom is -0.484 e. The van der Waals surface area contributed by atoms with E-state index in [9.17, 15) is 21.6 Å². The summed E-state index contributed by atoms with van der Waals surface area (Å²) in [6.07, 6.45) is -4.38. The number of primary sulfonamides is 1. The highest BCUT2D eigenvalue weighted by Gasteiger charge is 2.28. The number of benzene rings is 2. The fourth-order valence-corrected chi connectivity index (χ4v) is 2.87. The van der Waals surface area contributed by atoms with Crippen molar-refractivity contribution in [2.45, 2.75) is 31.1 Å². The molecule has 0 aliphatic carbocycles. The first-order valence-electron chi connectivity index (χ1n) is 8.99. The van der Waals surface area contributed by atoms with Crippen molar-refractivity contribution in [1.29, 1.82) is 0 Å². The van der Waals surface area contributed by atoms with E-state index in [1.807, 2.05) is 6.92 Å². The molecule has 12 heteroatoms. The summed E-state index contributed by atoms with van der Waals surface area (Å²) < 4.78 is 63.8. The Kier molecular flexibility index (Phi) is 10.5. The molecule has 0 bridgehead atoms. The molecule has 4 N–H and O–H groups in total. The number of nitrogens with zero attached hydrogens (tertiary/aromatic N) is 1. The maximum Gasteiger partial charge on any atom is 0.422 e. The Bertz CT molecular complexity index is 951. The van der Waals surface area contributed by atoms with Crippen molar-refractivity contribution in [3.63, 3.8) is 0 Å². The Hall–Kier alpha value is -2.06. The van der Waals surface area contributed by atoms with Gasteiger partial charge in [0.1, 0.15) is 5.75 Å². The molecule has 7 nitrogen and oxygen atoms in total. The molecule has 0 aliphatic rings. The zero-order valence-corrected chi connectivity index (χ0v) is 19.8. The van der Waals surface area contributed by atoms with Gasteiger partial charge in [-0.25, -0.2) is 18.5 Å². The first-order chi connectivity index (χ1) is 14.1. The van der Waals surface area contributed by atoms with Crippen LogP contribution in [-0.4, -0.2) is 33.7 Å². The van der Waals surface area contributed by atoms with Crippen molar-refractivity contribution in [3.05, 3.63) is 59.7 Å². The number of guanidine groups is 1. The number of aliphatic imine (C=N–C) groups is 1. The van der Waals surface area contributed by atoms with Gasteiger partial charge in [-0.2, -0.15) is 13.2 Å². The third-order valence-corrected chi connectivity index (χ3v) is 4.73. The maximum absolute atomic E-state index is 12.2. The topological polar surface area (TPSA) is 106 Å². The van der Waals surface area contributed by atoms with E-state index in [0.717, 1.165) is 11.1 Å². The lowest BCUT2D eigenvalue weighted by Crippen LogP contribution is -2.36. The van der Waals surface area contributed by atoms with Gasteiger partial charge in [-0.3, -0.25) is 0 Å². The number of nitrogens with one attached hydrogen (secondary N) is 2. The normalized spacial score (nSPS) is 12.1. The van der Waals surface area contributed by atoms with Gasteiger partial charge in [0.05, 0.1) is 11.4 Å². The fraction of sp³-hybridized carbons (Fsp3) is 0.316. The molecule has 31 heavy (non-hydrogen) atoms. The van der Waals surface area contributed by atoms with Crippen molar-refractivity contribution < 1.29 is 26.3 Å². The molecule has 2 aromatic carbocycles. The van der Waals surface area contributed by atoms with Gasteiger partial charge < -0.3 is 15.4 Å². The summed E-state index contributed by atoms with van der Waals surface area (Å²) in [4.78, 5) is 4.46. The Morgan fingerprint density at radius 1 is 1.03 bits per heavy atom. The SMILES string of the molecule is CCNC(=NCc1ccc(OCC(F)(F)F)cc1)NCc1ccc(S(N)(=O)=O)cc1.I. The van der Waals surface area contributed by atoms with E-state index in [4.69, 9.17) is 5.14 Å². The van der Waals surface area contributed by atoms with Crippen LogP contribution in [-0.2, 0) is 23.1 Å². The lowest BCUT2D eigenvalue weighted by molar-refractivity contribution is -0.153. The number of rotatable bonds is 8. The molecule has 0 unspecified atom stereocenters. The molecular formula is C19H24F3IN4O3S. The molecule has 0 amide bonds. The highest BCUT2D eigenvalue weighted by atomic mass is 127. The Morgan fingerprint density at radius 3 is 2.13 bits per heavy atom. The second kappa shape index (κ2) is 12.1. The van der Waals surface area contributed by atoms with E-state index in [-0.39, 0.29) is 34.6 Å². The molecule has 0 atom stereocenters. The quantitative estimate of drug-likeness (QED) is 0.256. The van der Waals surface area contributed by atoms with Crippen molar-refractivity contribution in [2.75, 3.05) is 13.2 Å². The van der Waals surface area contributed by atoms with Gasteiger partial charge in [0, 0.05) is 13.1 Å². The number of hydrogen-bond acceptors (Lipinski definition) is 4. The third kappa shape index (κ3) is 10.2. The molecule has 0 aromatic heterocycles. The lowest BCUT2D eigenvalue weighted by Gasteiger charge is -2.12. The number of nitrogens with two attached hydrogens (primary N) is 1. The Balaban J connectivity index is 0.00000480. The second-order valence-corrected chi connectivity index (χ2v) is 7.85. The van der Waals surface area contributed by atoms with Gasteiger partial charge in [0.15, 0.2) is 12.6 Å². The number of halogens is 4. The van der Waals surface area contributed by atoms with Gasteiger partial charge in [-0.15, -0.1) is 24.0 Å². The summed E-state index contributed by atoms with van der Waals surface area (Å²) in [6.45, 7) is 1.91. The standard InChI is InChI=1S/C19H23F3N4O3S.HI/c1-2-24-18(26-12-15-5-9-17(10-6-15)30(23,27)28)25-11-14-3-7-16(8-4-14)29-13-19(20,21)22;/h3-10H,2,11-13H2,1H3,(H2,23,27,28)(H2,24,25,26);1H. The average Bonchev–Trinajstić information content (AvgIpc) is 2.68. The second-order valence-electron chi connectivity index (χ2n) is 6.29. The van der Waals surface area contributed by atoms with Gasteiger partial charge in [-0.1, -0.05) is 24.3 Å². The number of hydrogen-bond donors (Lipinski definition) is 3. The number of ether oxygens (including phenoxy) is 1. The molecule has 2 rings (SSSR count). The average molecular weight is 572 g/mol. The highest BCUT2D eigenvalue weighted by Crippen LogP contribution is 2.19. The van der Waals surface area contributed by atoms with Gasteiger partial charge >= 0.3 is 6.18 Å². The summed E-state index contributed by atoms with van der Waals surface area (Å²) in [5, 5.41) is 11.3. The smallest absolute Gasteiger partial charge is 0.422 e. The highest BCUT2D eigenvalue weighted by molar-refractivity contribution is 14.0. The Labute approximate surface area is 196 Å². The molecule has 0 spiro atoms. The zero-order chi connectivity index (χ0) is 22.2. The van der Waals surface area contributed by atoms with Gasteiger partial charge in [-0.05, 0) is 42.3 Å². The van der Waals surface area contributed by atoms with Crippen LogP contribution in [0, 0.1) is 0 Å². The van der Waals surface area contributed by atoms with Crippen molar-refractivity contribution in [1.82, 2.24) is 10.6 Å². The largest absolute Gasteiger partial charge is 0.484 e. The monoisotopic (exact) mass is 572 g/mol. The molecule has 0 saturated carbocycles. The fourth-order valence-electron chi connectivity index (χ4n) is 2.35. The van der Waals surface area contributed by atoms with E-state index in [2.05, 4.69) is 20.4 Å². The van der Waals surface area contributed by atoms with Crippen molar-refractivity contribution >= 4 is 40.0 Å². The summed E-state index contributed by atoms with van der Waals surface area (Å²) in [6, 6.07) is 12.4. The van der Waals surface area contributed by atoms with Crippen LogP contribution in [0.2, 0.25) is 0 Å². The molecule has 172 valence electrons. The van der Waals surface area contributed by atoms with E-state index in [1.54, 1.807) is 24.3 Å². The predicted molar refractivity (Wildman–Crippen MR) is 123 cm³/mol. The van der Waals surface area contributed by atoms with E-state index < -0.39 is 22.8 Å². The van der Waals surface area contributed by atoms with E-state index in [1.165, 1.54) is 24.3 Å². The minimum absolute atomic E-state index is 0. The van der Waals surface area contributed by atoms with Crippen LogP contribution in [0.1, 0.15) is 18.1 Å². The van der Waals surface area contributed by atoms with Crippen LogP contribution in [0.3, 0.4) is 0 Å². The van der Waals surface area contributed by atoms with Gasteiger partial charge in [0.2, 0.25) is 10.0 Å². The summed E-state index contributed by atoms with van der Waals surface area (Å²) in [7, 11) is -3.73. The first kappa shape index (κ1) is 27.0. The molecule has 2 aromatic rings. The van der Waals surface area contributed by atoms with Gasteiger partial charge in [0.25, 0.3) is 0 Å². The molecule has 0 radical (unpaired) electrons. The van der Waals surface area contributed by atoms with Crippen LogP contribution in [0.5, 0.6) is 5.75 Å². The zero-order valence-electron chi connectivity index (χ0n) is 16.6. The van der Waals surface area contributed by atoms with E-state index >= 15 is 0 Å². The van der Waals surface area contributed by atoms with Crippen LogP contribution in [0.25, 0.3) is 0 Å². The maximum atomic E-state index is 12.2. The molecular weight excluding hydrogens is 548 g/mol. The minimum atomic E-state index is -4.38. The Morgan fingerprint density at radius 2 is 1.61 bits per heavy atom. The van der Waals surface area contributed by atoms with Crippen LogP contribution >= 0.6 is 24.0 Å². The summed E-state index contributed by atoms with van der Waals surface area (Å²) in [5.41, 5.74) is 1.63. The van der Waals surface area contributed by atoms with Crippen molar-refractivity contribution in [2.24, 2.45) is 10.1 Å².